The van der Waals surface area contributed by atoms with E-state index in [1.165, 1.54) is 0 Å². The third kappa shape index (κ3) is 3.90. The highest BCUT2D eigenvalue weighted by Gasteiger charge is 2.00. The molecule has 2 radical (unpaired) electrons. The Balaban J connectivity index is 0.0000001000. The van der Waals surface area contributed by atoms with Gasteiger partial charge in [0.1, 0.15) is 0 Å². The molecule has 0 amide bonds. The molecule has 0 saturated carbocycles. The van der Waals surface area contributed by atoms with Gasteiger partial charge in [0.2, 0.25) is 0 Å². The molecule has 2 fully saturated rings. The summed E-state index contributed by atoms with van der Waals surface area (Å²) in [5.74, 6) is 0. The topological polar surface area (TPSA) is 36.9 Å². The minimum absolute atomic E-state index is 0.722. The molecule has 2 saturated heterocycles. The lowest BCUT2D eigenvalue weighted by atomic mass is 9.99. The fourth-order valence-electron chi connectivity index (χ4n) is 0.481. The molecule has 0 atom stereocenters. The molecule has 0 aliphatic carbocycles. The van der Waals surface area contributed by atoms with E-state index in [4.69, 9.17) is 0 Å². The normalized spacial score (nSPS) is 22.4. The van der Waals surface area contributed by atoms with Gasteiger partial charge in [0.05, 0.1) is 13.2 Å². The van der Waals surface area contributed by atoms with E-state index in [1.54, 1.807) is 15.0 Å². The fourth-order valence-corrected chi connectivity index (χ4v) is 0.481. The molecule has 2 rings (SSSR count). The van der Waals surface area contributed by atoms with E-state index >= 15 is 0 Å². The van der Waals surface area contributed by atoms with E-state index in [1.807, 2.05) is 0 Å². The van der Waals surface area contributed by atoms with Crippen molar-refractivity contribution >= 4 is 15.0 Å². The van der Waals surface area contributed by atoms with Gasteiger partial charge in [-0.15, -0.1) is 0 Å². The Morgan fingerprint density at radius 2 is 1.30 bits per heavy atom. The van der Waals surface area contributed by atoms with Crippen molar-refractivity contribution in [2.75, 3.05) is 13.2 Å². The van der Waals surface area contributed by atoms with E-state index in [9.17, 15) is 0 Å². The third-order valence-corrected chi connectivity index (χ3v) is 0.910. The van der Waals surface area contributed by atoms with Gasteiger partial charge in [-0.25, -0.2) is 0 Å². The molecule has 0 bridgehead atoms. The van der Waals surface area contributed by atoms with E-state index in [0.717, 1.165) is 25.9 Å². The second-order valence-electron chi connectivity index (χ2n) is 1.75. The molecule has 0 unspecified atom stereocenters. The van der Waals surface area contributed by atoms with Crippen molar-refractivity contribution in [3.8, 4) is 0 Å². The zero-order chi connectivity index (χ0) is 7.07. The van der Waals surface area contributed by atoms with Crippen LogP contribution >= 0.6 is 0 Å². The highest BCUT2D eigenvalue weighted by Crippen LogP contribution is 1.92. The number of hydrogen-bond acceptors (Lipinski definition) is 4. The predicted octanol–water partition coefficient (Wildman–Crippen LogP) is -0.0286. The van der Waals surface area contributed by atoms with Crippen LogP contribution in [0.3, 0.4) is 0 Å². The zero-order valence-electron chi connectivity index (χ0n) is 5.62. The average Bonchev–Trinajstić information content (AvgIpc) is 2.67. The molecular formula is C4H8B2O4. The second kappa shape index (κ2) is 5.73. The molecule has 0 N–H and O–H groups in total. The van der Waals surface area contributed by atoms with Crippen LogP contribution in [0.1, 0.15) is 0 Å². The maximum absolute atomic E-state index is 4.39. The largest absolute Gasteiger partial charge is 0.346 e. The lowest BCUT2D eigenvalue weighted by Gasteiger charge is -1.79. The maximum Gasteiger partial charge on any atom is 0.346 e. The summed E-state index contributed by atoms with van der Waals surface area (Å²) in [6.45, 7) is 1.44. The second-order valence-corrected chi connectivity index (χ2v) is 1.75. The smallest absolute Gasteiger partial charge is 0.311 e. The minimum Gasteiger partial charge on any atom is -0.311 e. The Bertz CT molecular complexity index is 48.4. The standard InChI is InChI=1S/2C2H4BO2/c2*1-2-4-5-3-1/h2*1-2H2. The highest BCUT2D eigenvalue weighted by molar-refractivity contribution is 6.27. The van der Waals surface area contributed by atoms with Crippen molar-refractivity contribution in [1.82, 2.24) is 0 Å². The summed E-state index contributed by atoms with van der Waals surface area (Å²) in [5, 5.41) is 0. The third-order valence-electron chi connectivity index (χ3n) is 0.910. The van der Waals surface area contributed by atoms with Crippen molar-refractivity contribution in [3.05, 3.63) is 0 Å². The maximum atomic E-state index is 4.39. The van der Waals surface area contributed by atoms with E-state index in [0.29, 0.717) is 0 Å². The first kappa shape index (κ1) is 8.07. The average molecular weight is 142 g/mol. The van der Waals surface area contributed by atoms with E-state index in [2.05, 4.69) is 19.4 Å². The highest BCUT2D eigenvalue weighted by atomic mass is 17.2. The van der Waals surface area contributed by atoms with Crippen LogP contribution in [0.5, 0.6) is 0 Å². The molecular weight excluding hydrogens is 134 g/mol. The Hall–Kier alpha value is -0.0301. The molecule has 2 heterocycles. The molecule has 4 nitrogen and oxygen atoms in total. The lowest BCUT2D eigenvalue weighted by molar-refractivity contribution is -0.181. The Morgan fingerprint density at radius 3 is 1.40 bits per heavy atom. The van der Waals surface area contributed by atoms with Crippen LogP contribution in [0, 0.1) is 0 Å². The van der Waals surface area contributed by atoms with Crippen LogP contribution in [0.25, 0.3) is 0 Å². The molecule has 2 aliphatic rings. The van der Waals surface area contributed by atoms with E-state index < -0.39 is 0 Å². The molecule has 0 aromatic heterocycles. The molecule has 54 valence electrons. The summed E-state index contributed by atoms with van der Waals surface area (Å²) in [5.41, 5.74) is 0. The van der Waals surface area contributed by atoms with Crippen molar-refractivity contribution in [1.29, 1.82) is 0 Å². The summed E-state index contributed by atoms with van der Waals surface area (Å²) < 4.78 is 0. The van der Waals surface area contributed by atoms with Crippen LogP contribution in [0.2, 0.25) is 12.6 Å². The predicted molar refractivity (Wildman–Crippen MR) is 35.2 cm³/mol. The first-order valence-corrected chi connectivity index (χ1v) is 3.20. The summed E-state index contributed by atoms with van der Waals surface area (Å²) in [4.78, 5) is 17.4. The minimum atomic E-state index is 0.722. The fraction of sp³-hybridized carbons (Fsp3) is 1.00. The van der Waals surface area contributed by atoms with Gasteiger partial charge in [-0.3, -0.25) is 9.78 Å². The molecule has 0 spiro atoms. The van der Waals surface area contributed by atoms with Gasteiger partial charge < -0.3 is 9.61 Å². The van der Waals surface area contributed by atoms with Crippen LogP contribution in [0.15, 0.2) is 0 Å². The zero-order valence-corrected chi connectivity index (χ0v) is 5.62. The molecule has 6 heteroatoms. The number of rotatable bonds is 0. The van der Waals surface area contributed by atoms with Crippen LogP contribution in [-0.4, -0.2) is 28.2 Å². The van der Waals surface area contributed by atoms with Gasteiger partial charge in [-0.05, 0) is 12.6 Å². The van der Waals surface area contributed by atoms with Crippen molar-refractivity contribution in [3.63, 3.8) is 0 Å². The molecule has 10 heavy (non-hydrogen) atoms. The molecule has 0 aromatic rings. The van der Waals surface area contributed by atoms with Gasteiger partial charge >= 0.3 is 15.0 Å². The van der Waals surface area contributed by atoms with Gasteiger partial charge in [-0.1, -0.05) is 0 Å². The summed E-state index contributed by atoms with van der Waals surface area (Å²) >= 11 is 0. The van der Waals surface area contributed by atoms with Crippen LogP contribution in [-0.2, 0) is 19.4 Å². The van der Waals surface area contributed by atoms with Crippen LogP contribution in [0.4, 0.5) is 0 Å². The first-order valence-electron chi connectivity index (χ1n) is 3.20. The summed E-state index contributed by atoms with van der Waals surface area (Å²) in [6, 6.07) is 0. The molecule has 0 aromatic carbocycles. The quantitative estimate of drug-likeness (QED) is 0.351. The summed E-state index contributed by atoms with van der Waals surface area (Å²) in [6.07, 6.45) is 1.86. The van der Waals surface area contributed by atoms with E-state index in [-0.39, 0.29) is 0 Å². The molecule has 2 aliphatic heterocycles. The Morgan fingerprint density at radius 1 is 0.800 bits per heavy atom. The van der Waals surface area contributed by atoms with Crippen molar-refractivity contribution in [2.24, 2.45) is 0 Å². The van der Waals surface area contributed by atoms with Gasteiger partial charge in [-0.2, -0.15) is 0 Å². The van der Waals surface area contributed by atoms with Crippen molar-refractivity contribution < 1.29 is 19.4 Å². The first-order chi connectivity index (χ1) is 5.00. The van der Waals surface area contributed by atoms with Gasteiger partial charge in [0.15, 0.2) is 0 Å². The monoisotopic (exact) mass is 142 g/mol. The lowest BCUT2D eigenvalue weighted by Crippen LogP contribution is -1.78. The van der Waals surface area contributed by atoms with Crippen LogP contribution < -0.4 is 0 Å². The van der Waals surface area contributed by atoms with Gasteiger partial charge in [0, 0.05) is 0 Å². The number of hydrogen-bond donors (Lipinski definition) is 0. The Labute approximate surface area is 61.2 Å². The SMILES string of the molecule is [B]1CCOO1.[B]1CCOO1. The van der Waals surface area contributed by atoms with Gasteiger partial charge in [0.25, 0.3) is 0 Å². The summed E-state index contributed by atoms with van der Waals surface area (Å²) in [7, 11) is 3.28. The van der Waals surface area contributed by atoms with Crippen molar-refractivity contribution in [2.45, 2.75) is 12.6 Å². The Kier molecular flexibility index (Phi) is 4.63.